The molecule has 0 saturated carbocycles. The molecule has 0 saturated heterocycles. The molecule has 0 rings (SSSR count). The molecule has 0 heterocycles. The summed E-state index contributed by atoms with van der Waals surface area (Å²) in [5.41, 5.74) is 5.26. The number of rotatable bonds is 9. The molecule has 0 bridgehead atoms. The second-order valence-electron chi connectivity index (χ2n) is 3.14. The van der Waals surface area contributed by atoms with Crippen molar-refractivity contribution in [3.63, 3.8) is 0 Å². The Morgan fingerprint density at radius 1 is 1.33 bits per heavy atom. The molecule has 0 fully saturated rings. The van der Waals surface area contributed by atoms with Crippen LogP contribution in [-0.2, 0) is 20.8 Å². The van der Waals surface area contributed by atoms with E-state index in [-0.39, 0.29) is 12.3 Å². The molecule has 0 aromatic rings. The van der Waals surface area contributed by atoms with Gasteiger partial charge in [-0.2, -0.15) is 0 Å². The third-order valence-corrected chi connectivity index (χ3v) is 4.61. The fourth-order valence-electron chi connectivity index (χ4n) is 0.964. The van der Waals surface area contributed by atoms with Gasteiger partial charge in [0.15, 0.2) is 0 Å². The third-order valence-electron chi connectivity index (χ3n) is 1.84. The van der Waals surface area contributed by atoms with Gasteiger partial charge in [-0.05, 0) is 19.4 Å². The Hall–Kier alpha value is 0.0200. The van der Waals surface area contributed by atoms with E-state index >= 15 is 0 Å². The number of unbranched alkanes of at least 4 members (excludes halogenated alkanes) is 1. The van der Waals surface area contributed by atoms with Gasteiger partial charge >= 0.3 is 0 Å². The molecule has 92 valence electrons. The molecule has 5 nitrogen and oxygen atoms in total. The molecule has 0 amide bonds. The molecule has 0 radical (unpaired) electrons. The molecular weight excluding hydrogens is 236 g/mol. The van der Waals surface area contributed by atoms with Crippen molar-refractivity contribution >= 4 is 20.8 Å². The lowest BCUT2D eigenvalue weighted by molar-refractivity contribution is 0.580. The summed E-state index contributed by atoms with van der Waals surface area (Å²) in [5.74, 6) is 1.05. The van der Waals surface area contributed by atoms with Crippen LogP contribution >= 0.6 is 0 Å². The largest absolute Gasteiger partial charge is 0.330 e. The molecule has 7 heteroatoms. The molecule has 0 aliphatic carbocycles. The predicted octanol–water partition coefficient (Wildman–Crippen LogP) is -0.587. The second kappa shape index (κ2) is 8.20. The summed E-state index contributed by atoms with van der Waals surface area (Å²) in [6.07, 6.45) is 1.28. The van der Waals surface area contributed by atoms with Crippen molar-refractivity contribution in [1.29, 1.82) is 0 Å². The summed E-state index contributed by atoms with van der Waals surface area (Å²) >= 11 is 0. The van der Waals surface area contributed by atoms with Gasteiger partial charge in [0.05, 0.1) is 5.75 Å². The van der Waals surface area contributed by atoms with Crippen LogP contribution in [0.15, 0.2) is 0 Å². The number of nitrogens with one attached hydrogen (secondary N) is 1. The molecule has 3 N–H and O–H groups in total. The summed E-state index contributed by atoms with van der Waals surface area (Å²) in [7, 11) is -4.11. The molecule has 15 heavy (non-hydrogen) atoms. The maximum atomic E-state index is 11.3. The molecule has 0 aromatic carbocycles. The minimum absolute atomic E-state index is 0.100. The summed E-state index contributed by atoms with van der Waals surface area (Å²) in [6.45, 7) is 2.58. The van der Waals surface area contributed by atoms with Crippen molar-refractivity contribution in [1.82, 2.24) is 4.72 Å². The first kappa shape index (κ1) is 15.0. The van der Waals surface area contributed by atoms with E-state index in [0.717, 1.165) is 0 Å². The maximum Gasteiger partial charge on any atom is 0.211 e. The van der Waals surface area contributed by atoms with Crippen LogP contribution in [-0.4, -0.2) is 43.0 Å². The van der Waals surface area contributed by atoms with E-state index in [2.05, 4.69) is 4.72 Å². The van der Waals surface area contributed by atoms with Gasteiger partial charge in [-0.15, -0.1) is 0 Å². The van der Waals surface area contributed by atoms with E-state index in [1.54, 1.807) is 0 Å². The van der Waals surface area contributed by atoms with Crippen LogP contribution in [0.25, 0.3) is 0 Å². The smallest absolute Gasteiger partial charge is 0.211 e. The van der Waals surface area contributed by atoms with Gasteiger partial charge in [-0.3, -0.25) is 4.21 Å². The zero-order chi connectivity index (χ0) is 11.7. The van der Waals surface area contributed by atoms with Crippen LogP contribution in [0.4, 0.5) is 0 Å². The first-order valence-corrected chi connectivity index (χ1v) is 8.18. The lowest BCUT2D eigenvalue weighted by Crippen LogP contribution is -2.30. The highest BCUT2D eigenvalue weighted by Gasteiger charge is 2.09. The van der Waals surface area contributed by atoms with Crippen molar-refractivity contribution in [3.05, 3.63) is 0 Å². The van der Waals surface area contributed by atoms with Crippen molar-refractivity contribution in [2.45, 2.75) is 19.8 Å². The standard InChI is InChI=1S/C8H20N2O3S2/c1-2-14(11)7-6-10-15(12,13)8-4-3-5-9/h10H,2-9H2,1H3. The Balaban J connectivity index is 3.70. The van der Waals surface area contributed by atoms with E-state index in [1.807, 2.05) is 6.92 Å². The van der Waals surface area contributed by atoms with E-state index in [9.17, 15) is 12.6 Å². The fourth-order valence-corrected chi connectivity index (χ4v) is 2.85. The number of hydrogen-bond donors (Lipinski definition) is 2. The molecule has 0 aromatic heterocycles. The third kappa shape index (κ3) is 8.98. The van der Waals surface area contributed by atoms with Crippen LogP contribution in [0.5, 0.6) is 0 Å². The van der Waals surface area contributed by atoms with Gasteiger partial charge in [0, 0.05) is 28.9 Å². The van der Waals surface area contributed by atoms with Gasteiger partial charge in [0.1, 0.15) is 0 Å². The quantitative estimate of drug-likeness (QED) is 0.540. The Morgan fingerprint density at radius 2 is 2.00 bits per heavy atom. The Labute approximate surface area is 94.3 Å². The molecule has 1 unspecified atom stereocenters. The van der Waals surface area contributed by atoms with E-state index in [1.165, 1.54) is 0 Å². The number of hydrogen-bond acceptors (Lipinski definition) is 4. The first-order chi connectivity index (χ1) is 7.02. The second-order valence-corrected chi connectivity index (χ2v) is 6.93. The normalized spacial score (nSPS) is 14.0. The van der Waals surface area contributed by atoms with Crippen LogP contribution in [0.1, 0.15) is 19.8 Å². The van der Waals surface area contributed by atoms with Gasteiger partial charge in [0.25, 0.3) is 0 Å². The van der Waals surface area contributed by atoms with Crippen LogP contribution in [0.2, 0.25) is 0 Å². The van der Waals surface area contributed by atoms with Gasteiger partial charge in [-0.25, -0.2) is 13.1 Å². The Bertz CT molecular complexity index is 278. The summed E-state index contributed by atoms with van der Waals surface area (Å²) in [4.78, 5) is 0. The van der Waals surface area contributed by atoms with Crippen LogP contribution < -0.4 is 10.5 Å². The molecule has 0 spiro atoms. The topological polar surface area (TPSA) is 89.3 Å². The number of nitrogens with two attached hydrogens (primary N) is 1. The summed E-state index contributed by atoms with van der Waals surface area (Å²) < 4.78 is 36.1. The van der Waals surface area contributed by atoms with E-state index in [0.29, 0.717) is 30.9 Å². The minimum atomic E-state index is -3.20. The first-order valence-electron chi connectivity index (χ1n) is 5.04. The lowest BCUT2D eigenvalue weighted by atomic mass is 10.3. The minimum Gasteiger partial charge on any atom is -0.330 e. The lowest BCUT2D eigenvalue weighted by Gasteiger charge is -2.05. The van der Waals surface area contributed by atoms with Gasteiger partial charge in [-0.1, -0.05) is 6.92 Å². The average Bonchev–Trinajstić information content (AvgIpc) is 2.17. The molecule has 0 aliphatic rings. The molecule has 1 atom stereocenters. The highest BCUT2D eigenvalue weighted by molar-refractivity contribution is 7.89. The molecular formula is C8H20N2O3S2. The van der Waals surface area contributed by atoms with Gasteiger partial charge < -0.3 is 5.73 Å². The van der Waals surface area contributed by atoms with Crippen molar-refractivity contribution < 1.29 is 12.6 Å². The number of sulfonamides is 1. The zero-order valence-corrected chi connectivity index (χ0v) is 10.7. The predicted molar refractivity (Wildman–Crippen MR) is 63.6 cm³/mol. The van der Waals surface area contributed by atoms with Crippen molar-refractivity contribution in [2.75, 3.05) is 30.3 Å². The SMILES string of the molecule is CCS(=O)CCNS(=O)(=O)CCCCN. The van der Waals surface area contributed by atoms with E-state index < -0.39 is 20.8 Å². The summed E-state index contributed by atoms with van der Waals surface area (Å²) in [6, 6.07) is 0. The Morgan fingerprint density at radius 3 is 2.53 bits per heavy atom. The monoisotopic (exact) mass is 256 g/mol. The average molecular weight is 256 g/mol. The maximum absolute atomic E-state index is 11.3. The highest BCUT2D eigenvalue weighted by Crippen LogP contribution is 1.93. The van der Waals surface area contributed by atoms with Gasteiger partial charge in [0.2, 0.25) is 10.0 Å². The van der Waals surface area contributed by atoms with E-state index in [4.69, 9.17) is 5.73 Å². The summed E-state index contributed by atoms with van der Waals surface area (Å²) in [5, 5.41) is 0. The zero-order valence-electron chi connectivity index (χ0n) is 9.07. The Kier molecular flexibility index (Phi) is 8.22. The van der Waals surface area contributed by atoms with Crippen LogP contribution in [0.3, 0.4) is 0 Å². The van der Waals surface area contributed by atoms with Crippen LogP contribution in [0, 0.1) is 0 Å². The highest BCUT2D eigenvalue weighted by atomic mass is 32.2. The van der Waals surface area contributed by atoms with Crippen molar-refractivity contribution in [2.24, 2.45) is 5.73 Å². The van der Waals surface area contributed by atoms with Crippen molar-refractivity contribution in [3.8, 4) is 0 Å². The molecule has 0 aliphatic heterocycles. The fraction of sp³-hybridized carbons (Fsp3) is 1.00.